The molecular weight excluding hydrogens is 196 g/mol. The molecule has 1 saturated carbocycles. The number of allylic oxidation sites excluding steroid dienone is 1. The van der Waals surface area contributed by atoms with Gasteiger partial charge in [0, 0.05) is 6.61 Å². The first-order valence-electron chi connectivity index (χ1n) is 7.03. The average Bonchev–Trinajstić information content (AvgIpc) is 2.27. The Hall–Kier alpha value is -0.300. The maximum atomic E-state index is 5.95. The van der Waals surface area contributed by atoms with E-state index < -0.39 is 0 Å². The van der Waals surface area contributed by atoms with Gasteiger partial charge in [-0.3, -0.25) is 0 Å². The Bertz CT molecular complexity index is 303. The Morgan fingerprint density at radius 1 is 1.19 bits per heavy atom. The van der Waals surface area contributed by atoms with Crippen molar-refractivity contribution in [3.63, 3.8) is 0 Å². The molecule has 3 aliphatic rings. The van der Waals surface area contributed by atoms with Crippen LogP contribution in [0.3, 0.4) is 0 Å². The number of ether oxygens (including phenoxy) is 1. The fraction of sp³-hybridized carbons (Fsp3) is 0.867. The molecule has 2 aliphatic carbocycles. The van der Waals surface area contributed by atoms with E-state index in [-0.39, 0.29) is 5.60 Å². The maximum absolute atomic E-state index is 5.95. The van der Waals surface area contributed by atoms with E-state index in [1.165, 1.54) is 38.5 Å². The molecule has 3 rings (SSSR count). The molecule has 0 aromatic rings. The first-order chi connectivity index (χ1) is 7.67. The van der Waals surface area contributed by atoms with E-state index in [0.29, 0.717) is 0 Å². The molecular formula is C15H24O. The zero-order valence-electron chi connectivity index (χ0n) is 10.7. The highest BCUT2D eigenvalue weighted by atomic mass is 16.5. The summed E-state index contributed by atoms with van der Waals surface area (Å²) in [6.45, 7) is 5.48. The topological polar surface area (TPSA) is 9.23 Å². The van der Waals surface area contributed by atoms with Crippen molar-refractivity contribution in [1.82, 2.24) is 0 Å². The largest absolute Gasteiger partial charge is 0.371 e. The van der Waals surface area contributed by atoms with Crippen molar-refractivity contribution >= 4 is 0 Å². The summed E-state index contributed by atoms with van der Waals surface area (Å²) in [6.07, 6.45) is 11.1. The molecule has 1 heterocycles. The van der Waals surface area contributed by atoms with Crippen molar-refractivity contribution in [2.45, 2.75) is 58.0 Å². The van der Waals surface area contributed by atoms with Crippen LogP contribution >= 0.6 is 0 Å². The van der Waals surface area contributed by atoms with E-state index in [9.17, 15) is 0 Å². The minimum atomic E-state index is 0.0192. The van der Waals surface area contributed by atoms with Gasteiger partial charge >= 0.3 is 0 Å². The van der Waals surface area contributed by atoms with Crippen LogP contribution in [0, 0.1) is 17.8 Å². The summed E-state index contributed by atoms with van der Waals surface area (Å²) in [4.78, 5) is 0. The van der Waals surface area contributed by atoms with Crippen molar-refractivity contribution in [3.05, 3.63) is 11.6 Å². The highest BCUT2D eigenvalue weighted by molar-refractivity contribution is 5.24. The van der Waals surface area contributed by atoms with Crippen LogP contribution in [0.1, 0.15) is 52.4 Å². The fourth-order valence-corrected chi connectivity index (χ4v) is 4.11. The first kappa shape index (κ1) is 10.8. The van der Waals surface area contributed by atoms with E-state index in [0.717, 1.165) is 24.4 Å². The zero-order chi connectivity index (χ0) is 11.2. The molecule has 0 bridgehead atoms. The Labute approximate surface area is 99.3 Å². The molecule has 0 spiro atoms. The number of hydrogen-bond acceptors (Lipinski definition) is 1. The van der Waals surface area contributed by atoms with Crippen LogP contribution in [0.25, 0.3) is 0 Å². The maximum Gasteiger partial charge on any atom is 0.0838 e. The minimum Gasteiger partial charge on any atom is -0.371 e. The summed E-state index contributed by atoms with van der Waals surface area (Å²) in [5.41, 5.74) is 1.65. The number of fused-ring (bicyclic) bond motifs is 2. The molecule has 90 valence electrons. The summed E-state index contributed by atoms with van der Waals surface area (Å²) in [7, 11) is 0. The Morgan fingerprint density at radius 3 is 2.88 bits per heavy atom. The Morgan fingerprint density at radius 2 is 2.00 bits per heavy atom. The van der Waals surface area contributed by atoms with Crippen LogP contribution in [0.5, 0.6) is 0 Å². The minimum absolute atomic E-state index is 0.0192. The Kier molecular flexibility index (Phi) is 2.62. The molecule has 3 atom stereocenters. The predicted molar refractivity (Wildman–Crippen MR) is 66.3 cm³/mol. The lowest BCUT2D eigenvalue weighted by atomic mass is 9.64. The van der Waals surface area contributed by atoms with Crippen molar-refractivity contribution in [2.75, 3.05) is 6.61 Å². The molecule has 2 fully saturated rings. The lowest BCUT2D eigenvalue weighted by molar-refractivity contribution is -0.0372. The van der Waals surface area contributed by atoms with Crippen LogP contribution in [0.2, 0.25) is 0 Å². The monoisotopic (exact) mass is 220 g/mol. The SMILES string of the molecule is CC1(C)OCCC2CC3CCCCC3C=C21. The van der Waals surface area contributed by atoms with Gasteiger partial charge in [-0.15, -0.1) is 0 Å². The smallest absolute Gasteiger partial charge is 0.0838 e. The van der Waals surface area contributed by atoms with Gasteiger partial charge in [-0.05, 0) is 62.9 Å². The molecule has 16 heavy (non-hydrogen) atoms. The van der Waals surface area contributed by atoms with E-state index in [2.05, 4.69) is 19.9 Å². The lowest BCUT2D eigenvalue weighted by Gasteiger charge is -2.46. The van der Waals surface area contributed by atoms with Crippen molar-refractivity contribution in [1.29, 1.82) is 0 Å². The Balaban J connectivity index is 1.89. The van der Waals surface area contributed by atoms with Gasteiger partial charge in [0.2, 0.25) is 0 Å². The van der Waals surface area contributed by atoms with E-state index in [1.54, 1.807) is 5.57 Å². The van der Waals surface area contributed by atoms with E-state index in [4.69, 9.17) is 4.74 Å². The predicted octanol–water partition coefficient (Wildman–Crippen LogP) is 3.94. The highest BCUT2D eigenvalue weighted by Crippen LogP contribution is 2.48. The molecule has 0 radical (unpaired) electrons. The zero-order valence-corrected chi connectivity index (χ0v) is 10.7. The third-order valence-electron chi connectivity index (χ3n) is 5.01. The van der Waals surface area contributed by atoms with Crippen molar-refractivity contribution in [3.8, 4) is 0 Å². The molecule has 0 N–H and O–H groups in total. The highest BCUT2D eigenvalue weighted by Gasteiger charge is 2.40. The van der Waals surface area contributed by atoms with Crippen LogP contribution < -0.4 is 0 Å². The van der Waals surface area contributed by atoms with Gasteiger partial charge in [0.25, 0.3) is 0 Å². The van der Waals surface area contributed by atoms with Crippen LogP contribution in [-0.2, 0) is 4.74 Å². The molecule has 0 aromatic carbocycles. The molecule has 1 saturated heterocycles. The van der Waals surface area contributed by atoms with Crippen LogP contribution in [0.4, 0.5) is 0 Å². The quantitative estimate of drug-likeness (QED) is 0.562. The second-order valence-electron chi connectivity index (χ2n) is 6.41. The third-order valence-corrected chi connectivity index (χ3v) is 5.01. The van der Waals surface area contributed by atoms with Crippen LogP contribution in [-0.4, -0.2) is 12.2 Å². The second kappa shape index (κ2) is 3.87. The molecule has 1 aliphatic heterocycles. The fourth-order valence-electron chi connectivity index (χ4n) is 4.11. The summed E-state index contributed by atoms with van der Waals surface area (Å²) in [5, 5.41) is 0. The lowest BCUT2D eigenvalue weighted by Crippen LogP contribution is -2.41. The summed E-state index contributed by atoms with van der Waals surface area (Å²) < 4.78 is 5.95. The molecule has 0 aromatic heterocycles. The van der Waals surface area contributed by atoms with Crippen LogP contribution in [0.15, 0.2) is 11.6 Å². The van der Waals surface area contributed by atoms with Crippen molar-refractivity contribution in [2.24, 2.45) is 17.8 Å². The van der Waals surface area contributed by atoms with Gasteiger partial charge in [0.15, 0.2) is 0 Å². The standard InChI is InChI=1S/C15H24O/c1-15(2)14-10-12-6-4-3-5-11(12)9-13(14)7-8-16-15/h10-13H,3-9H2,1-2H3. The van der Waals surface area contributed by atoms with E-state index in [1.807, 2.05) is 0 Å². The number of rotatable bonds is 0. The molecule has 3 unspecified atom stereocenters. The normalized spacial score (nSPS) is 41.9. The van der Waals surface area contributed by atoms with Gasteiger partial charge in [-0.2, -0.15) is 0 Å². The van der Waals surface area contributed by atoms with Gasteiger partial charge < -0.3 is 4.74 Å². The van der Waals surface area contributed by atoms with Crippen molar-refractivity contribution < 1.29 is 4.74 Å². The van der Waals surface area contributed by atoms with Gasteiger partial charge in [0.05, 0.1) is 5.60 Å². The summed E-state index contributed by atoms with van der Waals surface area (Å²) in [5.74, 6) is 2.71. The molecule has 0 amide bonds. The van der Waals surface area contributed by atoms with E-state index >= 15 is 0 Å². The van der Waals surface area contributed by atoms with Gasteiger partial charge in [0.1, 0.15) is 0 Å². The number of hydrogen-bond donors (Lipinski definition) is 0. The molecule has 1 nitrogen and oxygen atoms in total. The van der Waals surface area contributed by atoms with Gasteiger partial charge in [-0.1, -0.05) is 18.9 Å². The summed E-state index contributed by atoms with van der Waals surface area (Å²) in [6, 6.07) is 0. The second-order valence-corrected chi connectivity index (χ2v) is 6.41. The third kappa shape index (κ3) is 1.73. The summed E-state index contributed by atoms with van der Waals surface area (Å²) >= 11 is 0. The molecule has 1 heteroatoms. The van der Waals surface area contributed by atoms with Gasteiger partial charge in [-0.25, -0.2) is 0 Å². The average molecular weight is 220 g/mol. The first-order valence-corrected chi connectivity index (χ1v) is 7.03.